The molecule has 0 aliphatic rings. The van der Waals surface area contributed by atoms with E-state index >= 15 is 0 Å². The summed E-state index contributed by atoms with van der Waals surface area (Å²) in [7, 11) is -3.65. The first-order chi connectivity index (χ1) is 15.7. The minimum atomic E-state index is -3.65. The number of halogens is 2. The van der Waals surface area contributed by atoms with Gasteiger partial charge < -0.3 is 10.1 Å². The van der Waals surface area contributed by atoms with Gasteiger partial charge in [-0.25, -0.2) is 12.8 Å². The average Bonchev–Trinajstić information content (AvgIpc) is 2.79. The van der Waals surface area contributed by atoms with Crippen LogP contribution < -0.4 is 9.62 Å². The number of hydrogen-bond acceptors (Lipinski definition) is 4. The Hall–Kier alpha value is -2.94. The van der Waals surface area contributed by atoms with E-state index < -0.39 is 15.8 Å². The van der Waals surface area contributed by atoms with E-state index in [0.29, 0.717) is 30.9 Å². The smallest absolute Gasteiger partial charge is 0.251 e. The predicted octanol–water partition coefficient (Wildman–Crippen LogP) is 4.39. The monoisotopic (exact) mass is 490 g/mol. The Kier molecular flexibility index (Phi) is 8.43. The quantitative estimate of drug-likeness (QED) is 0.428. The topological polar surface area (TPSA) is 75.7 Å². The highest BCUT2D eigenvalue weighted by atomic mass is 35.5. The molecule has 3 rings (SSSR count). The molecule has 0 aliphatic heterocycles. The van der Waals surface area contributed by atoms with Crippen LogP contribution in [0.15, 0.2) is 72.8 Å². The van der Waals surface area contributed by atoms with Crippen molar-refractivity contribution in [3.8, 4) is 0 Å². The van der Waals surface area contributed by atoms with Gasteiger partial charge in [0, 0.05) is 12.1 Å². The summed E-state index contributed by atoms with van der Waals surface area (Å²) in [5.41, 5.74) is 2.41. The fraction of sp³-hybridized carbons (Fsp3) is 0.208. The van der Waals surface area contributed by atoms with E-state index in [1.54, 1.807) is 24.3 Å². The Morgan fingerprint density at radius 1 is 1.03 bits per heavy atom. The van der Waals surface area contributed by atoms with Crippen molar-refractivity contribution >= 4 is 33.2 Å². The zero-order valence-electron chi connectivity index (χ0n) is 18.0. The normalized spacial score (nSPS) is 11.2. The maximum Gasteiger partial charge on any atom is 0.251 e. The number of nitrogens with zero attached hydrogens (tertiary/aromatic N) is 1. The van der Waals surface area contributed by atoms with Crippen molar-refractivity contribution in [1.82, 2.24) is 5.32 Å². The fourth-order valence-electron chi connectivity index (χ4n) is 3.07. The third-order valence-corrected chi connectivity index (χ3v) is 6.21. The highest BCUT2D eigenvalue weighted by molar-refractivity contribution is 7.92. The van der Waals surface area contributed by atoms with Gasteiger partial charge in [0.2, 0.25) is 10.0 Å². The highest BCUT2D eigenvalue weighted by Gasteiger charge is 2.19. The zero-order valence-corrected chi connectivity index (χ0v) is 19.6. The van der Waals surface area contributed by atoms with Crippen molar-refractivity contribution < 1.29 is 22.3 Å². The van der Waals surface area contributed by atoms with Crippen LogP contribution >= 0.6 is 11.6 Å². The van der Waals surface area contributed by atoms with Crippen LogP contribution in [0.5, 0.6) is 0 Å². The SMILES string of the molecule is CS(=O)(=O)N(Cc1ccc(C(=O)NCCOCc2ccccc2)cc1)c1ccc(F)c(Cl)c1. The second-order valence-electron chi connectivity index (χ2n) is 7.36. The number of carbonyl (C=O) groups excluding carboxylic acids is 1. The molecule has 0 radical (unpaired) electrons. The second kappa shape index (κ2) is 11.3. The molecule has 0 saturated heterocycles. The van der Waals surface area contributed by atoms with Gasteiger partial charge in [-0.2, -0.15) is 0 Å². The molecule has 3 aromatic rings. The summed E-state index contributed by atoms with van der Waals surface area (Å²) in [4.78, 5) is 12.3. The number of sulfonamides is 1. The summed E-state index contributed by atoms with van der Waals surface area (Å²) in [5, 5.41) is 2.62. The van der Waals surface area contributed by atoms with Gasteiger partial charge in [-0.1, -0.05) is 54.1 Å². The number of benzene rings is 3. The van der Waals surface area contributed by atoms with Gasteiger partial charge in [-0.15, -0.1) is 0 Å². The van der Waals surface area contributed by atoms with Gasteiger partial charge in [0.15, 0.2) is 0 Å². The molecular weight excluding hydrogens is 467 g/mol. The van der Waals surface area contributed by atoms with Gasteiger partial charge in [0.05, 0.1) is 36.7 Å². The Morgan fingerprint density at radius 2 is 1.73 bits per heavy atom. The van der Waals surface area contributed by atoms with Crippen LogP contribution in [0.3, 0.4) is 0 Å². The van der Waals surface area contributed by atoms with Crippen molar-refractivity contribution in [2.75, 3.05) is 23.7 Å². The lowest BCUT2D eigenvalue weighted by atomic mass is 10.1. The van der Waals surface area contributed by atoms with Gasteiger partial charge in [-0.3, -0.25) is 9.10 Å². The van der Waals surface area contributed by atoms with E-state index in [2.05, 4.69) is 5.32 Å². The molecule has 3 aromatic carbocycles. The molecule has 0 atom stereocenters. The van der Waals surface area contributed by atoms with Gasteiger partial charge >= 0.3 is 0 Å². The lowest BCUT2D eigenvalue weighted by Gasteiger charge is -2.23. The Labute approximate surface area is 198 Å². The number of carbonyl (C=O) groups is 1. The van der Waals surface area contributed by atoms with Crippen LogP contribution in [0, 0.1) is 5.82 Å². The Balaban J connectivity index is 1.55. The number of nitrogens with one attached hydrogen (secondary N) is 1. The van der Waals surface area contributed by atoms with Crippen molar-refractivity contribution in [2.45, 2.75) is 13.2 Å². The van der Waals surface area contributed by atoms with Crippen LogP contribution in [0.1, 0.15) is 21.5 Å². The molecule has 0 spiro atoms. The highest BCUT2D eigenvalue weighted by Crippen LogP contribution is 2.26. The maximum atomic E-state index is 13.5. The molecule has 9 heteroatoms. The van der Waals surface area contributed by atoms with E-state index in [-0.39, 0.29) is 23.2 Å². The largest absolute Gasteiger partial charge is 0.375 e. The van der Waals surface area contributed by atoms with Crippen molar-refractivity contribution in [1.29, 1.82) is 0 Å². The molecule has 0 saturated carbocycles. The maximum absolute atomic E-state index is 13.5. The minimum Gasteiger partial charge on any atom is -0.375 e. The number of rotatable bonds is 10. The van der Waals surface area contributed by atoms with Crippen LogP contribution in [0.2, 0.25) is 5.02 Å². The first-order valence-corrected chi connectivity index (χ1v) is 12.4. The molecule has 0 heterocycles. The number of anilines is 1. The number of ether oxygens (including phenoxy) is 1. The van der Waals surface area contributed by atoms with E-state index in [0.717, 1.165) is 22.2 Å². The summed E-state index contributed by atoms with van der Waals surface area (Å²) in [6, 6.07) is 20.1. The fourth-order valence-corrected chi connectivity index (χ4v) is 4.13. The molecule has 1 N–H and O–H groups in total. The van der Waals surface area contributed by atoms with E-state index in [1.165, 1.54) is 12.1 Å². The first-order valence-electron chi connectivity index (χ1n) is 10.2. The molecule has 1 amide bonds. The van der Waals surface area contributed by atoms with Crippen molar-refractivity contribution in [2.24, 2.45) is 0 Å². The predicted molar refractivity (Wildman–Crippen MR) is 127 cm³/mol. The molecule has 0 aromatic heterocycles. The first kappa shape index (κ1) is 24.7. The summed E-state index contributed by atoms with van der Waals surface area (Å²) < 4.78 is 44.7. The zero-order chi connectivity index (χ0) is 23.8. The third kappa shape index (κ3) is 7.28. The van der Waals surface area contributed by atoms with E-state index in [4.69, 9.17) is 16.3 Å². The van der Waals surface area contributed by atoms with Gasteiger partial charge in [-0.05, 0) is 41.5 Å². The van der Waals surface area contributed by atoms with Crippen LogP contribution in [0.25, 0.3) is 0 Å². The number of amides is 1. The van der Waals surface area contributed by atoms with Gasteiger partial charge in [0.1, 0.15) is 5.82 Å². The van der Waals surface area contributed by atoms with Crippen LogP contribution in [-0.2, 0) is 27.9 Å². The Bertz CT molecular complexity index is 1190. The van der Waals surface area contributed by atoms with Crippen LogP contribution in [-0.4, -0.2) is 33.7 Å². The van der Waals surface area contributed by atoms with Crippen molar-refractivity contribution in [3.63, 3.8) is 0 Å². The summed E-state index contributed by atoms with van der Waals surface area (Å²) in [6.45, 7) is 1.22. The molecule has 6 nitrogen and oxygen atoms in total. The molecule has 0 bridgehead atoms. The summed E-state index contributed by atoms with van der Waals surface area (Å²) in [5.74, 6) is -0.884. The lowest BCUT2D eigenvalue weighted by molar-refractivity contribution is 0.0901. The molecule has 33 heavy (non-hydrogen) atoms. The van der Waals surface area contributed by atoms with Gasteiger partial charge in [0.25, 0.3) is 5.91 Å². The molecule has 0 fully saturated rings. The van der Waals surface area contributed by atoms with Crippen molar-refractivity contribution in [3.05, 3.63) is 100 Å². The summed E-state index contributed by atoms with van der Waals surface area (Å²) >= 11 is 5.81. The van der Waals surface area contributed by atoms with E-state index in [9.17, 15) is 17.6 Å². The molecule has 0 unspecified atom stereocenters. The molecule has 0 aliphatic carbocycles. The average molecular weight is 491 g/mol. The minimum absolute atomic E-state index is 0.00994. The molecule has 174 valence electrons. The lowest BCUT2D eigenvalue weighted by Crippen LogP contribution is -2.29. The third-order valence-electron chi connectivity index (χ3n) is 4.78. The summed E-state index contributed by atoms with van der Waals surface area (Å²) in [6.07, 6.45) is 1.06. The van der Waals surface area contributed by atoms with E-state index in [1.807, 2.05) is 30.3 Å². The standard InChI is InChI=1S/C24H24ClFN2O4S/c1-33(30,31)28(21-11-12-23(26)22(25)15-21)16-18-7-9-20(10-8-18)24(29)27-13-14-32-17-19-5-3-2-4-6-19/h2-12,15H,13-14,16-17H2,1H3,(H,27,29). The van der Waals surface area contributed by atoms with Crippen LogP contribution in [0.4, 0.5) is 10.1 Å². The molecular formula is C24H24ClFN2O4S. The Morgan fingerprint density at radius 3 is 2.36 bits per heavy atom. The second-order valence-corrected chi connectivity index (χ2v) is 9.67. The number of hydrogen-bond donors (Lipinski definition) is 1.